The molecule has 8 heteroatoms. The predicted molar refractivity (Wildman–Crippen MR) is 128 cm³/mol. The summed E-state index contributed by atoms with van der Waals surface area (Å²) in [5.41, 5.74) is 3.49. The number of pyridine rings is 1. The van der Waals surface area contributed by atoms with Crippen molar-refractivity contribution in [2.45, 2.75) is 12.8 Å². The minimum Gasteiger partial charge on any atom is -0.457 e. The topological polar surface area (TPSA) is 79.4 Å². The third-order valence-electron chi connectivity index (χ3n) is 5.36. The third kappa shape index (κ3) is 4.36. The highest BCUT2D eigenvalue weighted by Gasteiger charge is 2.13. The van der Waals surface area contributed by atoms with Gasteiger partial charge in [-0.2, -0.15) is 0 Å². The van der Waals surface area contributed by atoms with Gasteiger partial charge in [0.25, 0.3) is 5.91 Å². The molecule has 32 heavy (non-hydrogen) atoms. The lowest BCUT2D eigenvalue weighted by atomic mass is 10.2. The molecule has 0 saturated carbocycles. The Balaban J connectivity index is 1.33. The Hall–Kier alpha value is -3.65. The molecular formula is C24H23N5O2S. The van der Waals surface area contributed by atoms with Crippen molar-refractivity contribution in [1.29, 1.82) is 0 Å². The molecule has 3 heterocycles. The molecule has 0 atom stereocenters. The lowest BCUT2D eigenvalue weighted by Crippen LogP contribution is -2.18. The summed E-state index contributed by atoms with van der Waals surface area (Å²) in [5, 5.41) is 6.84. The highest BCUT2D eigenvalue weighted by molar-refractivity contribution is 7.22. The van der Waals surface area contributed by atoms with Crippen LogP contribution in [-0.2, 0) is 0 Å². The molecule has 1 aliphatic rings. The second kappa shape index (κ2) is 8.84. The summed E-state index contributed by atoms with van der Waals surface area (Å²) in [7, 11) is 1.57. The van der Waals surface area contributed by atoms with Gasteiger partial charge in [-0.3, -0.25) is 9.78 Å². The number of carbonyl (C=O) groups is 1. The van der Waals surface area contributed by atoms with E-state index in [1.807, 2.05) is 18.2 Å². The molecule has 4 aromatic rings. The molecule has 1 amide bonds. The van der Waals surface area contributed by atoms with Crippen molar-refractivity contribution in [2.75, 3.05) is 30.4 Å². The summed E-state index contributed by atoms with van der Waals surface area (Å²) in [6.07, 6.45) is 4.07. The van der Waals surface area contributed by atoms with Gasteiger partial charge in [-0.15, -0.1) is 0 Å². The fourth-order valence-electron chi connectivity index (χ4n) is 3.76. The van der Waals surface area contributed by atoms with Crippen molar-refractivity contribution in [3.8, 4) is 11.5 Å². The minimum absolute atomic E-state index is 0.252. The Labute approximate surface area is 190 Å². The van der Waals surface area contributed by atoms with Gasteiger partial charge in [-0.05, 0) is 49.2 Å². The van der Waals surface area contributed by atoms with Gasteiger partial charge in [0.2, 0.25) is 0 Å². The fraction of sp³-hybridized carbons (Fsp3) is 0.208. The number of rotatable bonds is 6. The van der Waals surface area contributed by atoms with Crippen molar-refractivity contribution in [3.05, 3.63) is 66.5 Å². The highest BCUT2D eigenvalue weighted by Crippen LogP contribution is 2.33. The van der Waals surface area contributed by atoms with Crippen LogP contribution in [0.15, 0.2) is 60.8 Å². The number of hydrogen-bond donors (Lipinski definition) is 2. The number of ether oxygens (including phenoxy) is 1. The van der Waals surface area contributed by atoms with Gasteiger partial charge in [0, 0.05) is 49.8 Å². The molecule has 7 nitrogen and oxygen atoms in total. The van der Waals surface area contributed by atoms with Crippen LogP contribution in [0.2, 0.25) is 0 Å². The summed E-state index contributed by atoms with van der Waals surface area (Å²) in [6.45, 7) is 2.24. The molecular weight excluding hydrogens is 422 g/mol. The van der Waals surface area contributed by atoms with E-state index in [1.165, 1.54) is 18.5 Å². The lowest BCUT2D eigenvalue weighted by Gasteiger charge is -2.18. The average Bonchev–Trinajstić information content (AvgIpc) is 3.48. The maximum atomic E-state index is 11.8. The van der Waals surface area contributed by atoms with Gasteiger partial charge in [0.15, 0.2) is 5.13 Å². The van der Waals surface area contributed by atoms with E-state index in [1.54, 1.807) is 36.7 Å². The average molecular weight is 446 g/mol. The molecule has 0 unspecified atom stereocenters. The lowest BCUT2D eigenvalue weighted by molar-refractivity contribution is 0.0958. The van der Waals surface area contributed by atoms with Crippen LogP contribution in [0.1, 0.15) is 23.3 Å². The molecule has 0 radical (unpaired) electrons. The standard InChI is InChI=1S/C24H23N5O2S/c1-25-23(30)21-14-19(9-10-26-21)31-18-7-8-20-22(15-18)32-24(28-20)27-16-5-4-6-17(13-16)29-11-2-3-12-29/h4-10,13-15H,2-3,11-12H2,1H3,(H,25,30)(H,27,28). The second-order valence-electron chi connectivity index (χ2n) is 7.58. The van der Waals surface area contributed by atoms with Crippen LogP contribution in [0, 0.1) is 0 Å². The number of carbonyl (C=O) groups excluding carboxylic acids is 1. The Morgan fingerprint density at radius 2 is 1.91 bits per heavy atom. The van der Waals surface area contributed by atoms with Crippen LogP contribution in [-0.4, -0.2) is 36.0 Å². The molecule has 162 valence electrons. The number of thiazole rings is 1. The van der Waals surface area contributed by atoms with E-state index in [-0.39, 0.29) is 5.91 Å². The first kappa shape index (κ1) is 20.3. The van der Waals surface area contributed by atoms with E-state index in [9.17, 15) is 4.79 Å². The normalized spacial score (nSPS) is 13.3. The van der Waals surface area contributed by atoms with Crippen molar-refractivity contribution >= 4 is 44.0 Å². The number of amides is 1. The molecule has 2 N–H and O–H groups in total. The zero-order chi connectivity index (χ0) is 21.9. The number of anilines is 3. The zero-order valence-corrected chi connectivity index (χ0v) is 18.5. The van der Waals surface area contributed by atoms with Gasteiger partial charge in [-0.25, -0.2) is 4.98 Å². The van der Waals surface area contributed by atoms with Crippen LogP contribution in [0.4, 0.5) is 16.5 Å². The Morgan fingerprint density at radius 3 is 2.75 bits per heavy atom. The maximum absolute atomic E-state index is 11.8. The second-order valence-corrected chi connectivity index (χ2v) is 8.61. The molecule has 1 fully saturated rings. The van der Waals surface area contributed by atoms with E-state index in [0.717, 1.165) is 34.1 Å². The summed E-state index contributed by atoms with van der Waals surface area (Å²) < 4.78 is 6.97. The first-order valence-corrected chi connectivity index (χ1v) is 11.4. The van der Waals surface area contributed by atoms with Gasteiger partial charge in [0.1, 0.15) is 17.2 Å². The molecule has 0 spiro atoms. The van der Waals surface area contributed by atoms with E-state index in [4.69, 9.17) is 9.72 Å². The number of nitrogens with one attached hydrogen (secondary N) is 2. The summed E-state index contributed by atoms with van der Waals surface area (Å²) in [6, 6.07) is 17.6. The van der Waals surface area contributed by atoms with Gasteiger partial charge < -0.3 is 20.3 Å². The van der Waals surface area contributed by atoms with Gasteiger partial charge >= 0.3 is 0 Å². The number of aromatic nitrogens is 2. The molecule has 5 rings (SSSR count). The van der Waals surface area contributed by atoms with E-state index in [2.05, 4.69) is 44.8 Å². The van der Waals surface area contributed by atoms with Crippen molar-refractivity contribution in [1.82, 2.24) is 15.3 Å². The molecule has 0 bridgehead atoms. The predicted octanol–water partition coefficient (Wildman–Crippen LogP) is 5.19. The van der Waals surface area contributed by atoms with Crippen LogP contribution < -0.4 is 20.3 Å². The minimum atomic E-state index is -0.252. The van der Waals surface area contributed by atoms with E-state index in [0.29, 0.717) is 17.2 Å². The summed E-state index contributed by atoms with van der Waals surface area (Å²) >= 11 is 1.57. The molecule has 0 aliphatic carbocycles. The Kier molecular flexibility index (Phi) is 5.60. The van der Waals surface area contributed by atoms with Crippen molar-refractivity contribution in [2.24, 2.45) is 0 Å². The summed E-state index contributed by atoms with van der Waals surface area (Å²) in [5.74, 6) is 0.982. The highest BCUT2D eigenvalue weighted by atomic mass is 32.1. The van der Waals surface area contributed by atoms with Gasteiger partial charge in [-0.1, -0.05) is 17.4 Å². The quantitative estimate of drug-likeness (QED) is 0.425. The van der Waals surface area contributed by atoms with Gasteiger partial charge in [0.05, 0.1) is 10.2 Å². The fourth-order valence-corrected chi connectivity index (χ4v) is 4.68. The van der Waals surface area contributed by atoms with E-state index >= 15 is 0 Å². The van der Waals surface area contributed by atoms with Crippen LogP contribution in [0.25, 0.3) is 10.2 Å². The Bertz CT molecular complexity index is 1270. The smallest absolute Gasteiger partial charge is 0.269 e. The van der Waals surface area contributed by atoms with Crippen molar-refractivity contribution in [3.63, 3.8) is 0 Å². The summed E-state index contributed by atoms with van der Waals surface area (Å²) in [4.78, 5) is 23.0. The van der Waals surface area contributed by atoms with Crippen LogP contribution >= 0.6 is 11.3 Å². The molecule has 1 aliphatic heterocycles. The number of nitrogens with zero attached hydrogens (tertiary/aromatic N) is 3. The number of hydrogen-bond acceptors (Lipinski definition) is 7. The van der Waals surface area contributed by atoms with Crippen molar-refractivity contribution < 1.29 is 9.53 Å². The molecule has 2 aromatic carbocycles. The number of benzene rings is 2. The number of fused-ring (bicyclic) bond motifs is 1. The van der Waals surface area contributed by atoms with Crippen LogP contribution in [0.5, 0.6) is 11.5 Å². The van der Waals surface area contributed by atoms with E-state index < -0.39 is 0 Å². The molecule has 2 aromatic heterocycles. The zero-order valence-electron chi connectivity index (χ0n) is 17.7. The maximum Gasteiger partial charge on any atom is 0.269 e. The Morgan fingerprint density at radius 1 is 1.06 bits per heavy atom. The van der Waals surface area contributed by atoms with Crippen LogP contribution in [0.3, 0.4) is 0 Å². The monoisotopic (exact) mass is 445 g/mol. The first-order chi connectivity index (χ1) is 15.7. The first-order valence-electron chi connectivity index (χ1n) is 10.6. The third-order valence-corrected chi connectivity index (χ3v) is 6.29. The molecule has 1 saturated heterocycles. The SMILES string of the molecule is CNC(=O)c1cc(Oc2ccc3nc(Nc4cccc(N5CCCC5)c4)sc3c2)ccn1. The largest absolute Gasteiger partial charge is 0.457 e.